The molecule has 76 valence electrons. The lowest BCUT2D eigenvalue weighted by molar-refractivity contribution is 0.148. The highest BCUT2D eigenvalue weighted by Gasteiger charge is 2.01. The van der Waals surface area contributed by atoms with Gasteiger partial charge in [0, 0.05) is 5.56 Å². The minimum absolute atomic E-state index is 0.396. The second-order valence-corrected chi connectivity index (χ2v) is 3.41. The van der Waals surface area contributed by atoms with Gasteiger partial charge in [0.25, 0.3) is 0 Å². The van der Waals surface area contributed by atoms with Crippen LogP contribution in [0, 0.1) is 0 Å². The van der Waals surface area contributed by atoms with Crippen LogP contribution in [0.15, 0.2) is 24.3 Å². The van der Waals surface area contributed by atoms with Crippen LogP contribution in [0.4, 0.5) is 0 Å². The molecule has 1 rings (SSSR count). The zero-order chi connectivity index (χ0) is 10.4. The Bertz CT molecular complexity index is 326. The maximum Gasteiger partial charge on any atom is 0.136 e. The number of hydrogen-bond acceptors (Lipinski definition) is 2. The molecular weight excluding hydrogens is 221 g/mol. The van der Waals surface area contributed by atoms with Crippen LogP contribution in [-0.4, -0.2) is 11.6 Å². The lowest BCUT2D eigenvalue weighted by Crippen LogP contribution is -1.95. The zero-order valence-corrected chi connectivity index (χ0v) is 9.35. The normalized spacial score (nSPS) is 11.1. The van der Waals surface area contributed by atoms with E-state index in [4.69, 9.17) is 27.9 Å². The van der Waals surface area contributed by atoms with Gasteiger partial charge in [-0.1, -0.05) is 41.4 Å². The number of halogens is 2. The van der Waals surface area contributed by atoms with Gasteiger partial charge in [-0.25, -0.2) is 4.98 Å². The van der Waals surface area contributed by atoms with E-state index < -0.39 is 0 Å². The van der Waals surface area contributed by atoms with Crippen molar-refractivity contribution in [3.05, 3.63) is 40.2 Å². The van der Waals surface area contributed by atoms with Crippen LogP contribution in [0.1, 0.15) is 12.5 Å². The second-order valence-electron chi connectivity index (χ2n) is 2.67. The molecule has 0 aliphatic rings. The molecule has 0 saturated heterocycles. The van der Waals surface area contributed by atoms with E-state index in [0.29, 0.717) is 23.5 Å². The fourth-order valence-electron chi connectivity index (χ4n) is 0.882. The maximum absolute atomic E-state index is 5.85. The molecule has 14 heavy (non-hydrogen) atoms. The van der Waals surface area contributed by atoms with E-state index in [9.17, 15) is 0 Å². The lowest BCUT2D eigenvalue weighted by atomic mass is 10.3. The minimum atomic E-state index is 0.396. The van der Waals surface area contributed by atoms with Crippen molar-refractivity contribution in [1.82, 2.24) is 4.98 Å². The van der Waals surface area contributed by atoms with Gasteiger partial charge in [-0.3, -0.25) is 0 Å². The SMILES string of the molecule is C/C=C/COCc1ccc(Cl)nc1Cl. The molecular formula is C10H11Cl2NO. The standard InChI is InChI=1S/C10H11Cl2NO/c1-2-3-6-14-7-8-4-5-9(11)13-10(8)12/h2-5H,6-7H2,1H3/b3-2+. The summed E-state index contributed by atoms with van der Waals surface area (Å²) in [6.45, 7) is 2.98. The first kappa shape index (κ1) is 11.5. The van der Waals surface area contributed by atoms with Crippen molar-refractivity contribution in [3.8, 4) is 0 Å². The average Bonchev–Trinajstić information content (AvgIpc) is 2.15. The van der Waals surface area contributed by atoms with E-state index in [0.717, 1.165) is 5.56 Å². The molecule has 0 aromatic carbocycles. The fourth-order valence-corrected chi connectivity index (χ4v) is 1.28. The Morgan fingerprint density at radius 3 is 2.86 bits per heavy atom. The topological polar surface area (TPSA) is 22.1 Å². The van der Waals surface area contributed by atoms with Crippen molar-refractivity contribution < 1.29 is 4.74 Å². The summed E-state index contributed by atoms with van der Waals surface area (Å²) in [5.74, 6) is 0. The van der Waals surface area contributed by atoms with Gasteiger partial charge in [-0.2, -0.15) is 0 Å². The van der Waals surface area contributed by atoms with E-state index in [1.54, 1.807) is 6.07 Å². The monoisotopic (exact) mass is 231 g/mol. The van der Waals surface area contributed by atoms with Crippen molar-refractivity contribution in [1.29, 1.82) is 0 Å². The number of nitrogens with zero attached hydrogens (tertiary/aromatic N) is 1. The van der Waals surface area contributed by atoms with Gasteiger partial charge in [-0.15, -0.1) is 0 Å². The van der Waals surface area contributed by atoms with Crippen molar-refractivity contribution in [3.63, 3.8) is 0 Å². The third-order valence-corrected chi connectivity index (χ3v) is 2.14. The Balaban J connectivity index is 2.50. The lowest BCUT2D eigenvalue weighted by Gasteiger charge is -2.03. The van der Waals surface area contributed by atoms with E-state index in [1.165, 1.54) is 0 Å². The first-order chi connectivity index (χ1) is 6.74. The minimum Gasteiger partial charge on any atom is -0.373 e. The predicted octanol–water partition coefficient (Wildman–Crippen LogP) is 3.48. The van der Waals surface area contributed by atoms with Gasteiger partial charge in [0.1, 0.15) is 10.3 Å². The van der Waals surface area contributed by atoms with Gasteiger partial charge in [0.05, 0.1) is 13.2 Å². The molecule has 0 spiro atoms. The molecule has 0 aliphatic carbocycles. The third-order valence-electron chi connectivity index (χ3n) is 1.60. The highest BCUT2D eigenvalue weighted by molar-refractivity contribution is 6.32. The molecule has 2 nitrogen and oxygen atoms in total. The predicted molar refractivity (Wildman–Crippen MR) is 58.7 cm³/mol. The molecule has 0 radical (unpaired) electrons. The second kappa shape index (κ2) is 6.02. The van der Waals surface area contributed by atoms with Crippen LogP contribution in [-0.2, 0) is 11.3 Å². The Morgan fingerprint density at radius 1 is 1.43 bits per heavy atom. The van der Waals surface area contributed by atoms with Crippen LogP contribution < -0.4 is 0 Å². The molecule has 0 unspecified atom stereocenters. The quantitative estimate of drug-likeness (QED) is 0.450. The molecule has 0 amide bonds. The summed E-state index contributed by atoms with van der Waals surface area (Å²) in [6.07, 6.45) is 3.86. The summed E-state index contributed by atoms with van der Waals surface area (Å²) in [4.78, 5) is 3.91. The molecule has 0 fully saturated rings. The summed E-state index contributed by atoms with van der Waals surface area (Å²) in [6, 6.07) is 3.51. The van der Waals surface area contributed by atoms with Gasteiger partial charge >= 0.3 is 0 Å². The van der Waals surface area contributed by atoms with E-state index in [2.05, 4.69) is 4.98 Å². The molecule has 1 heterocycles. The van der Waals surface area contributed by atoms with Gasteiger partial charge in [0.15, 0.2) is 0 Å². The van der Waals surface area contributed by atoms with Crippen molar-refractivity contribution in [2.45, 2.75) is 13.5 Å². The molecule has 4 heteroatoms. The number of ether oxygens (including phenoxy) is 1. The zero-order valence-electron chi connectivity index (χ0n) is 7.84. The molecule has 0 saturated carbocycles. The molecule has 0 N–H and O–H groups in total. The number of hydrogen-bond donors (Lipinski definition) is 0. The highest BCUT2D eigenvalue weighted by Crippen LogP contribution is 2.17. The number of aromatic nitrogens is 1. The average molecular weight is 232 g/mol. The van der Waals surface area contributed by atoms with Crippen LogP contribution in [0.2, 0.25) is 10.3 Å². The van der Waals surface area contributed by atoms with E-state index in [-0.39, 0.29) is 0 Å². The maximum atomic E-state index is 5.85. The summed E-state index contributed by atoms with van der Waals surface area (Å²) in [5.41, 5.74) is 0.848. The highest BCUT2D eigenvalue weighted by atomic mass is 35.5. The molecule has 1 aromatic rings. The number of pyridine rings is 1. The Kier molecular flexibility index (Phi) is 4.94. The Morgan fingerprint density at radius 2 is 2.21 bits per heavy atom. The van der Waals surface area contributed by atoms with Crippen molar-refractivity contribution in [2.24, 2.45) is 0 Å². The fraction of sp³-hybridized carbons (Fsp3) is 0.300. The molecule has 1 aromatic heterocycles. The molecule has 0 bridgehead atoms. The summed E-state index contributed by atoms with van der Waals surface area (Å²) < 4.78 is 5.33. The Hall–Kier alpha value is -0.570. The van der Waals surface area contributed by atoms with Crippen LogP contribution in [0.3, 0.4) is 0 Å². The van der Waals surface area contributed by atoms with Crippen LogP contribution >= 0.6 is 23.2 Å². The van der Waals surface area contributed by atoms with E-state index in [1.807, 2.05) is 25.1 Å². The van der Waals surface area contributed by atoms with Crippen LogP contribution in [0.25, 0.3) is 0 Å². The first-order valence-electron chi connectivity index (χ1n) is 4.24. The van der Waals surface area contributed by atoms with Crippen molar-refractivity contribution in [2.75, 3.05) is 6.61 Å². The summed E-state index contributed by atoms with van der Waals surface area (Å²) in [5, 5.41) is 0.796. The third kappa shape index (κ3) is 3.66. The molecule has 0 atom stereocenters. The van der Waals surface area contributed by atoms with Gasteiger partial charge in [0.2, 0.25) is 0 Å². The van der Waals surface area contributed by atoms with Crippen molar-refractivity contribution >= 4 is 23.2 Å². The first-order valence-corrected chi connectivity index (χ1v) is 4.99. The number of allylic oxidation sites excluding steroid dienone is 1. The summed E-state index contributed by atoms with van der Waals surface area (Å²) in [7, 11) is 0. The smallest absolute Gasteiger partial charge is 0.136 e. The Labute approximate surface area is 93.5 Å². The van der Waals surface area contributed by atoms with Gasteiger partial charge in [-0.05, 0) is 13.0 Å². The summed E-state index contributed by atoms with van der Waals surface area (Å²) >= 11 is 11.5. The van der Waals surface area contributed by atoms with E-state index >= 15 is 0 Å². The van der Waals surface area contributed by atoms with Crippen LogP contribution in [0.5, 0.6) is 0 Å². The number of rotatable bonds is 4. The van der Waals surface area contributed by atoms with Gasteiger partial charge < -0.3 is 4.74 Å². The molecule has 0 aliphatic heterocycles. The largest absolute Gasteiger partial charge is 0.373 e.